The van der Waals surface area contributed by atoms with Gasteiger partial charge in [0.2, 0.25) is 21.8 Å². The second kappa shape index (κ2) is 13.2. The normalized spacial score (nSPS) is 12.9. The van der Waals surface area contributed by atoms with Gasteiger partial charge in [0.1, 0.15) is 12.6 Å². The molecule has 0 spiro atoms. The monoisotopic (exact) mass is 532 g/mol. The lowest BCUT2D eigenvalue weighted by Gasteiger charge is -2.33. The molecule has 0 radical (unpaired) electrons. The van der Waals surface area contributed by atoms with Crippen molar-refractivity contribution in [1.82, 2.24) is 10.2 Å². The molecule has 0 saturated carbocycles. The maximum absolute atomic E-state index is 13.7. The number of aryl methyl sites for hydroxylation is 1. The van der Waals surface area contributed by atoms with Crippen molar-refractivity contribution < 1.29 is 22.9 Å². The summed E-state index contributed by atoms with van der Waals surface area (Å²) in [6.45, 7) is 6.82. The Bertz CT molecular complexity index is 1200. The van der Waals surface area contributed by atoms with Crippen molar-refractivity contribution in [3.05, 3.63) is 69.8 Å². The number of nitrogens with zero attached hydrogens (tertiary/aromatic N) is 3. The Hall–Kier alpha value is -3.47. The zero-order valence-electron chi connectivity index (χ0n) is 22.0. The third-order valence-corrected chi connectivity index (χ3v) is 7.35. The van der Waals surface area contributed by atoms with Gasteiger partial charge >= 0.3 is 0 Å². The average Bonchev–Trinajstić information content (AvgIpc) is 2.85. The molecule has 11 heteroatoms. The molecule has 0 saturated heterocycles. The van der Waals surface area contributed by atoms with Crippen molar-refractivity contribution >= 4 is 33.2 Å². The van der Waals surface area contributed by atoms with Gasteiger partial charge in [-0.25, -0.2) is 8.42 Å². The summed E-state index contributed by atoms with van der Waals surface area (Å²) in [4.78, 5) is 38.9. The summed E-state index contributed by atoms with van der Waals surface area (Å²) in [5.41, 5.74) is 1.18. The second-order valence-electron chi connectivity index (χ2n) is 9.06. The van der Waals surface area contributed by atoms with Crippen LogP contribution in [-0.4, -0.2) is 61.5 Å². The van der Waals surface area contributed by atoms with Gasteiger partial charge in [0.25, 0.3) is 5.69 Å². The van der Waals surface area contributed by atoms with E-state index in [9.17, 15) is 28.1 Å². The molecule has 2 rings (SSSR count). The van der Waals surface area contributed by atoms with E-state index >= 15 is 0 Å². The molecule has 0 unspecified atom stereocenters. The van der Waals surface area contributed by atoms with Gasteiger partial charge in [0, 0.05) is 24.7 Å². The Morgan fingerprint density at radius 2 is 1.73 bits per heavy atom. The van der Waals surface area contributed by atoms with Crippen LogP contribution in [0.5, 0.6) is 0 Å². The fraction of sp³-hybridized carbons (Fsp3) is 0.462. The van der Waals surface area contributed by atoms with Crippen LogP contribution in [0.3, 0.4) is 0 Å². The highest BCUT2D eigenvalue weighted by atomic mass is 32.2. The maximum atomic E-state index is 13.7. The first-order chi connectivity index (χ1) is 17.4. The van der Waals surface area contributed by atoms with E-state index in [0.717, 1.165) is 22.2 Å². The Morgan fingerprint density at radius 1 is 1.08 bits per heavy atom. The summed E-state index contributed by atoms with van der Waals surface area (Å²) in [6.07, 6.45) is 2.46. The summed E-state index contributed by atoms with van der Waals surface area (Å²) >= 11 is 0. The molecule has 0 heterocycles. The van der Waals surface area contributed by atoms with Crippen LogP contribution < -0.4 is 9.62 Å². The van der Waals surface area contributed by atoms with Gasteiger partial charge in [0.05, 0.1) is 16.9 Å². The number of nitro benzene ring substituents is 1. The van der Waals surface area contributed by atoms with Crippen LogP contribution in [0.1, 0.15) is 44.7 Å². The molecule has 202 valence electrons. The van der Waals surface area contributed by atoms with Crippen molar-refractivity contribution in [2.24, 2.45) is 0 Å². The minimum absolute atomic E-state index is 0.0464. The lowest BCUT2D eigenvalue weighted by Crippen LogP contribution is -2.54. The molecule has 0 fully saturated rings. The number of hydrogen-bond acceptors (Lipinski definition) is 6. The minimum Gasteiger partial charge on any atom is -0.352 e. The molecule has 10 nitrogen and oxygen atoms in total. The van der Waals surface area contributed by atoms with E-state index < -0.39 is 33.4 Å². The number of anilines is 1. The number of hydrogen-bond donors (Lipinski definition) is 1. The average molecular weight is 533 g/mol. The maximum Gasteiger partial charge on any atom is 0.271 e. The largest absolute Gasteiger partial charge is 0.352 e. The molecule has 0 aromatic heterocycles. The molecular weight excluding hydrogens is 496 g/mol. The highest BCUT2D eigenvalue weighted by molar-refractivity contribution is 7.92. The quantitative estimate of drug-likeness (QED) is 0.311. The van der Waals surface area contributed by atoms with Gasteiger partial charge in [-0.15, -0.1) is 0 Å². The lowest BCUT2D eigenvalue weighted by molar-refractivity contribution is -0.384. The van der Waals surface area contributed by atoms with Gasteiger partial charge in [-0.2, -0.15) is 0 Å². The van der Waals surface area contributed by atoms with Crippen LogP contribution in [0.4, 0.5) is 11.4 Å². The first-order valence-electron chi connectivity index (χ1n) is 12.3. The Kier molecular flexibility index (Phi) is 10.6. The van der Waals surface area contributed by atoms with Crippen molar-refractivity contribution in [3.63, 3.8) is 0 Å². The van der Waals surface area contributed by atoms with E-state index in [-0.39, 0.29) is 29.9 Å². The minimum atomic E-state index is -3.99. The fourth-order valence-electron chi connectivity index (χ4n) is 3.91. The van der Waals surface area contributed by atoms with E-state index in [1.807, 2.05) is 44.2 Å². The molecule has 0 aliphatic carbocycles. The SMILES string of the molecule is CC[C@@H](C)NC(=O)[C@H](CC)N(CCc1ccccc1)C(=O)CN(c1cc([N+](=O)[O-])ccc1C)S(C)(=O)=O. The van der Waals surface area contributed by atoms with E-state index in [4.69, 9.17) is 0 Å². The topological polar surface area (TPSA) is 130 Å². The van der Waals surface area contributed by atoms with Crippen LogP contribution in [-0.2, 0) is 26.0 Å². The van der Waals surface area contributed by atoms with E-state index in [0.29, 0.717) is 24.8 Å². The first-order valence-corrected chi connectivity index (χ1v) is 14.1. The Morgan fingerprint density at radius 3 is 2.27 bits per heavy atom. The number of benzene rings is 2. The number of nitro groups is 1. The highest BCUT2D eigenvalue weighted by Crippen LogP contribution is 2.28. The van der Waals surface area contributed by atoms with Gasteiger partial charge in [-0.05, 0) is 44.2 Å². The Labute approximate surface area is 218 Å². The predicted octanol–water partition coefficient (Wildman–Crippen LogP) is 3.43. The van der Waals surface area contributed by atoms with E-state index in [1.54, 1.807) is 13.8 Å². The summed E-state index contributed by atoms with van der Waals surface area (Å²) in [7, 11) is -3.99. The third-order valence-electron chi connectivity index (χ3n) is 6.22. The third kappa shape index (κ3) is 8.28. The predicted molar refractivity (Wildman–Crippen MR) is 144 cm³/mol. The van der Waals surface area contributed by atoms with E-state index in [1.165, 1.54) is 17.0 Å². The lowest BCUT2D eigenvalue weighted by atomic mass is 10.1. The number of carbonyl (C=O) groups excluding carboxylic acids is 2. The molecule has 2 aromatic rings. The molecule has 2 atom stereocenters. The van der Waals surface area contributed by atoms with Crippen LogP contribution in [0.2, 0.25) is 0 Å². The van der Waals surface area contributed by atoms with Crippen molar-refractivity contribution in [3.8, 4) is 0 Å². The van der Waals surface area contributed by atoms with Gasteiger partial charge < -0.3 is 10.2 Å². The van der Waals surface area contributed by atoms with Crippen LogP contribution in [0, 0.1) is 17.0 Å². The molecule has 0 aliphatic rings. The molecule has 2 amide bonds. The summed E-state index contributed by atoms with van der Waals surface area (Å²) in [6, 6.07) is 12.4. The molecule has 0 aliphatic heterocycles. The van der Waals surface area contributed by atoms with Gasteiger partial charge in [0.15, 0.2) is 0 Å². The fourth-order valence-corrected chi connectivity index (χ4v) is 4.81. The van der Waals surface area contributed by atoms with Crippen molar-refractivity contribution in [2.75, 3.05) is 23.7 Å². The zero-order chi connectivity index (χ0) is 27.8. The zero-order valence-corrected chi connectivity index (χ0v) is 22.8. The second-order valence-corrected chi connectivity index (χ2v) is 11.0. The van der Waals surface area contributed by atoms with Crippen LogP contribution >= 0.6 is 0 Å². The summed E-state index contributed by atoms with van der Waals surface area (Å²) in [5.74, 6) is -0.880. The number of non-ortho nitro benzene ring substituents is 1. The first kappa shape index (κ1) is 29.8. The van der Waals surface area contributed by atoms with E-state index in [2.05, 4.69) is 5.32 Å². The number of amides is 2. The molecule has 37 heavy (non-hydrogen) atoms. The van der Waals surface area contributed by atoms with Crippen LogP contribution in [0.15, 0.2) is 48.5 Å². The van der Waals surface area contributed by atoms with Gasteiger partial charge in [-0.1, -0.05) is 50.2 Å². The smallest absolute Gasteiger partial charge is 0.271 e. The molecular formula is C26H36N4O6S. The van der Waals surface area contributed by atoms with Crippen LogP contribution in [0.25, 0.3) is 0 Å². The van der Waals surface area contributed by atoms with Crippen molar-refractivity contribution in [1.29, 1.82) is 0 Å². The standard InChI is InChI=1S/C26H36N4O6S/c1-6-20(4)27-26(32)23(7-2)28(16-15-21-11-9-8-10-12-21)25(31)18-29(37(5,35)36)24-17-22(30(33)34)14-13-19(24)3/h8-14,17,20,23H,6-7,15-16,18H2,1-5H3,(H,27,32)/t20-,23+/m1/s1. The highest BCUT2D eigenvalue weighted by Gasteiger charge is 2.32. The number of nitrogens with one attached hydrogen (secondary N) is 1. The van der Waals surface area contributed by atoms with Gasteiger partial charge in [-0.3, -0.25) is 24.0 Å². The number of rotatable bonds is 13. The molecule has 1 N–H and O–H groups in total. The summed E-state index contributed by atoms with van der Waals surface area (Å²) < 4.78 is 26.4. The number of sulfonamides is 1. The Balaban J connectivity index is 2.45. The number of carbonyl (C=O) groups is 2. The van der Waals surface area contributed by atoms with Crippen molar-refractivity contribution in [2.45, 2.75) is 59.0 Å². The molecule has 2 aromatic carbocycles. The summed E-state index contributed by atoms with van der Waals surface area (Å²) in [5, 5.41) is 14.2. The molecule has 0 bridgehead atoms.